The van der Waals surface area contributed by atoms with Crippen LogP contribution >= 0.6 is 22.9 Å². The summed E-state index contributed by atoms with van der Waals surface area (Å²) < 4.78 is 31.3. The minimum absolute atomic E-state index is 0.102. The Morgan fingerprint density at radius 2 is 1.97 bits per heavy atom. The van der Waals surface area contributed by atoms with Gasteiger partial charge >= 0.3 is 0 Å². The molecular formula is C24H26ClN5O4S2. The Morgan fingerprint density at radius 3 is 2.61 bits per heavy atom. The predicted octanol–water partition coefficient (Wildman–Crippen LogP) is 3.96. The summed E-state index contributed by atoms with van der Waals surface area (Å²) >= 11 is 7.61. The number of amides is 1. The summed E-state index contributed by atoms with van der Waals surface area (Å²) in [5, 5.41) is 1.01. The van der Waals surface area contributed by atoms with Crippen molar-refractivity contribution in [2.75, 3.05) is 20.4 Å². The Bertz CT molecular complexity index is 1550. The van der Waals surface area contributed by atoms with E-state index in [-0.39, 0.29) is 16.5 Å². The highest BCUT2D eigenvalue weighted by Gasteiger charge is 2.23. The normalized spacial score (nSPS) is 12.8. The van der Waals surface area contributed by atoms with Crippen LogP contribution in [-0.4, -0.2) is 53.9 Å². The van der Waals surface area contributed by atoms with Gasteiger partial charge in [-0.2, -0.15) is 4.98 Å². The zero-order valence-corrected chi connectivity index (χ0v) is 22.6. The van der Waals surface area contributed by atoms with Crippen LogP contribution < -0.4 is 10.5 Å². The van der Waals surface area contributed by atoms with E-state index < -0.39 is 21.8 Å². The summed E-state index contributed by atoms with van der Waals surface area (Å²) in [6.07, 6.45) is 3.99. The molecule has 4 aromatic rings. The number of hydrogen-bond donors (Lipinski definition) is 1. The van der Waals surface area contributed by atoms with Crippen molar-refractivity contribution in [1.82, 2.24) is 19.3 Å². The second-order valence-electron chi connectivity index (χ2n) is 8.85. The molecule has 190 valence electrons. The largest absolute Gasteiger partial charge is 0.469 e. The van der Waals surface area contributed by atoms with Crippen LogP contribution in [0.4, 0.5) is 0 Å². The van der Waals surface area contributed by atoms with Crippen molar-refractivity contribution in [3.05, 3.63) is 69.3 Å². The quantitative estimate of drug-likeness (QED) is 0.337. The van der Waals surface area contributed by atoms with E-state index in [1.165, 1.54) is 6.26 Å². The topological polar surface area (TPSA) is 120 Å². The number of imidazole rings is 1. The molecule has 36 heavy (non-hydrogen) atoms. The number of nitrogens with two attached hydrogens (primary N) is 1. The molecule has 0 bridgehead atoms. The first kappa shape index (κ1) is 26.1. The maximum atomic E-state index is 12.2. The number of ether oxygens (including phenoxy) is 1. The van der Waals surface area contributed by atoms with E-state index in [1.807, 2.05) is 44.1 Å². The minimum Gasteiger partial charge on any atom is -0.469 e. The molecule has 4 rings (SSSR count). The highest BCUT2D eigenvalue weighted by molar-refractivity contribution is 7.89. The number of aromatic nitrogens is 3. The highest BCUT2D eigenvalue weighted by atomic mass is 35.5. The Hall–Kier alpha value is -2.99. The number of rotatable bonds is 9. The molecule has 1 unspecified atom stereocenters. The number of fused-ring (bicyclic) bond motifs is 1. The number of benzene rings is 1. The SMILES string of the molecule is CC(Oc1nc(-c2cnc3ccc(CS(C)(=O)=O)cn23)sc1C(N)=O)c1ccc(CN(C)C)cc1Cl. The summed E-state index contributed by atoms with van der Waals surface area (Å²) in [6.45, 7) is 2.57. The number of hydrogen-bond acceptors (Lipinski definition) is 8. The fourth-order valence-electron chi connectivity index (χ4n) is 3.82. The second-order valence-corrected chi connectivity index (χ2v) is 12.4. The fraction of sp³-hybridized carbons (Fsp3) is 0.292. The lowest BCUT2D eigenvalue weighted by molar-refractivity contribution is 0.0997. The lowest BCUT2D eigenvalue weighted by atomic mass is 10.1. The number of halogens is 1. The number of nitrogens with zero attached hydrogens (tertiary/aromatic N) is 4. The standard InChI is InChI=1S/C24H26ClN5O4S2/c1-14(17-7-5-15(9-18(17)25)11-29(2)3)34-23-21(22(26)31)35-24(28-23)19-10-27-20-8-6-16(12-30(19)20)13-36(4,32)33/h5-10,12,14H,11,13H2,1-4H3,(H2,26,31). The lowest BCUT2D eigenvalue weighted by Gasteiger charge is -2.17. The minimum atomic E-state index is -3.21. The predicted molar refractivity (Wildman–Crippen MR) is 141 cm³/mol. The summed E-state index contributed by atoms with van der Waals surface area (Å²) in [7, 11) is 0.749. The van der Waals surface area contributed by atoms with Gasteiger partial charge in [-0.05, 0) is 44.3 Å². The zero-order chi connectivity index (χ0) is 26.2. The van der Waals surface area contributed by atoms with Crippen molar-refractivity contribution >= 4 is 44.3 Å². The number of primary amides is 1. The summed E-state index contributed by atoms with van der Waals surface area (Å²) in [6, 6.07) is 9.22. The van der Waals surface area contributed by atoms with Gasteiger partial charge in [0.2, 0.25) is 5.88 Å². The van der Waals surface area contributed by atoms with E-state index in [2.05, 4.69) is 9.97 Å². The highest BCUT2D eigenvalue weighted by Crippen LogP contribution is 2.36. The third-order valence-electron chi connectivity index (χ3n) is 5.32. The van der Waals surface area contributed by atoms with Gasteiger partial charge in [0.1, 0.15) is 22.5 Å². The van der Waals surface area contributed by atoms with Gasteiger partial charge in [0.15, 0.2) is 14.7 Å². The molecular weight excluding hydrogens is 522 g/mol. The molecule has 0 aliphatic heterocycles. The Kier molecular flexibility index (Phi) is 7.37. The number of thiazole rings is 1. The van der Waals surface area contributed by atoms with Crippen LogP contribution in [0.2, 0.25) is 5.02 Å². The third-order valence-corrected chi connectivity index (χ3v) is 7.58. The van der Waals surface area contributed by atoms with Crippen molar-refractivity contribution in [2.45, 2.75) is 25.3 Å². The second kappa shape index (κ2) is 10.2. The molecule has 1 atom stereocenters. The van der Waals surface area contributed by atoms with Gasteiger partial charge in [0.25, 0.3) is 5.91 Å². The van der Waals surface area contributed by atoms with Crippen LogP contribution in [0, 0.1) is 0 Å². The van der Waals surface area contributed by atoms with Gasteiger partial charge in [-0.15, -0.1) is 11.3 Å². The van der Waals surface area contributed by atoms with Crippen LogP contribution in [0.25, 0.3) is 16.3 Å². The Morgan fingerprint density at radius 1 is 1.25 bits per heavy atom. The van der Waals surface area contributed by atoms with Gasteiger partial charge in [0, 0.05) is 29.6 Å². The first-order chi connectivity index (χ1) is 16.9. The Balaban J connectivity index is 1.67. The molecule has 1 aromatic carbocycles. The van der Waals surface area contributed by atoms with Crippen molar-refractivity contribution in [1.29, 1.82) is 0 Å². The fourth-order valence-corrected chi connectivity index (χ4v) is 5.81. The monoisotopic (exact) mass is 547 g/mol. The molecule has 0 fully saturated rings. The van der Waals surface area contributed by atoms with Gasteiger partial charge in [-0.25, -0.2) is 13.4 Å². The molecule has 0 radical (unpaired) electrons. The van der Waals surface area contributed by atoms with E-state index in [9.17, 15) is 13.2 Å². The van der Waals surface area contributed by atoms with Gasteiger partial charge in [-0.3, -0.25) is 9.20 Å². The van der Waals surface area contributed by atoms with Crippen LogP contribution in [-0.2, 0) is 22.1 Å². The smallest absolute Gasteiger partial charge is 0.264 e. The molecule has 3 aromatic heterocycles. The first-order valence-electron chi connectivity index (χ1n) is 11.0. The molecule has 12 heteroatoms. The molecule has 9 nitrogen and oxygen atoms in total. The molecule has 0 aliphatic rings. The van der Waals surface area contributed by atoms with E-state index in [0.717, 1.165) is 29.0 Å². The van der Waals surface area contributed by atoms with E-state index >= 15 is 0 Å². The maximum Gasteiger partial charge on any atom is 0.264 e. The molecule has 0 aliphatic carbocycles. The maximum absolute atomic E-state index is 12.2. The molecule has 0 saturated heterocycles. The summed E-state index contributed by atoms with van der Waals surface area (Å²) in [4.78, 5) is 23.3. The van der Waals surface area contributed by atoms with Crippen molar-refractivity contribution in [3.8, 4) is 16.6 Å². The Labute approximate surface area is 218 Å². The molecule has 0 saturated carbocycles. The summed E-state index contributed by atoms with van der Waals surface area (Å²) in [5.74, 6) is -0.670. The van der Waals surface area contributed by atoms with Crippen molar-refractivity contribution in [2.24, 2.45) is 5.73 Å². The number of sulfone groups is 1. The number of carbonyl (C=O) groups excluding carboxylic acids is 1. The molecule has 3 heterocycles. The van der Waals surface area contributed by atoms with Gasteiger partial charge < -0.3 is 15.4 Å². The molecule has 0 spiro atoms. The first-order valence-corrected chi connectivity index (χ1v) is 14.2. The average Bonchev–Trinajstić information content (AvgIpc) is 3.36. The number of carbonyl (C=O) groups is 1. The summed E-state index contributed by atoms with van der Waals surface area (Å²) in [5.41, 5.74) is 9.25. The van der Waals surface area contributed by atoms with E-state index in [0.29, 0.717) is 26.9 Å². The van der Waals surface area contributed by atoms with E-state index in [4.69, 9.17) is 22.1 Å². The third kappa shape index (κ3) is 5.86. The zero-order valence-electron chi connectivity index (χ0n) is 20.2. The van der Waals surface area contributed by atoms with E-state index in [1.54, 1.807) is 28.9 Å². The van der Waals surface area contributed by atoms with Crippen LogP contribution in [0.3, 0.4) is 0 Å². The van der Waals surface area contributed by atoms with Crippen molar-refractivity contribution < 1.29 is 17.9 Å². The molecule has 1 amide bonds. The average molecular weight is 548 g/mol. The van der Waals surface area contributed by atoms with Gasteiger partial charge in [-0.1, -0.05) is 29.8 Å². The van der Waals surface area contributed by atoms with Gasteiger partial charge in [0.05, 0.1) is 11.9 Å². The van der Waals surface area contributed by atoms with Crippen molar-refractivity contribution in [3.63, 3.8) is 0 Å². The van der Waals surface area contributed by atoms with Crippen LogP contribution in [0.1, 0.15) is 39.4 Å². The van der Waals surface area contributed by atoms with Crippen LogP contribution in [0.15, 0.2) is 42.7 Å². The lowest BCUT2D eigenvalue weighted by Crippen LogP contribution is -2.13. The molecule has 2 N–H and O–H groups in total. The van der Waals surface area contributed by atoms with Crippen LogP contribution in [0.5, 0.6) is 5.88 Å². The number of pyridine rings is 1.